The number of ether oxygens (including phenoxy) is 2. The van der Waals surface area contributed by atoms with Gasteiger partial charge in [0.05, 0.1) is 10.0 Å². The standard InChI is InChI=1S/C20H14Cl2O5/c1-11(23)27-19-16(20(24)25)17(21)13-8-5-9-14(15(13)18(19)22)26-10-12-6-3-2-4-7-12/h2-9H,10H2,1H3,(H,24,25). The molecule has 0 fully saturated rings. The number of carboxylic acids is 1. The van der Waals surface area contributed by atoms with Crippen molar-refractivity contribution in [1.29, 1.82) is 0 Å². The van der Waals surface area contributed by atoms with Crippen LogP contribution in [0.1, 0.15) is 22.8 Å². The summed E-state index contributed by atoms with van der Waals surface area (Å²) >= 11 is 12.7. The van der Waals surface area contributed by atoms with Crippen LogP contribution in [0.15, 0.2) is 48.5 Å². The lowest BCUT2D eigenvalue weighted by molar-refractivity contribution is -0.131. The molecule has 0 atom stereocenters. The van der Waals surface area contributed by atoms with Gasteiger partial charge in [-0.3, -0.25) is 4.79 Å². The summed E-state index contributed by atoms with van der Waals surface area (Å²) in [6, 6.07) is 14.5. The molecule has 0 heterocycles. The minimum atomic E-state index is -1.35. The molecule has 0 aliphatic heterocycles. The summed E-state index contributed by atoms with van der Waals surface area (Å²) in [5, 5.41) is 10.1. The molecule has 0 amide bonds. The van der Waals surface area contributed by atoms with Crippen LogP contribution in [0.4, 0.5) is 0 Å². The zero-order valence-corrected chi connectivity index (χ0v) is 15.7. The van der Waals surface area contributed by atoms with Gasteiger partial charge in [-0.25, -0.2) is 4.79 Å². The number of fused-ring (bicyclic) bond motifs is 1. The van der Waals surface area contributed by atoms with E-state index in [0.29, 0.717) is 16.5 Å². The monoisotopic (exact) mass is 404 g/mol. The first-order chi connectivity index (χ1) is 12.9. The van der Waals surface area contributed by atoms with E-state index in [1.165, 1.54) is 0 Å². The Labute approximate surface area is 165 Å². The smallest absolute Gasteiger partial charge is 0.341 e. The summed E-state index contributed by atoms with van der Waals surface area (Å²) in [5.41, 5.74) is 0.573. The van der Waals surface area contributed by atoms with Gasteiger partial charge in [-0.1, -0.05) is 65.7 Å². The summed E-state index contributed by atoms with van der Waals surface area (Å²) in [6.07, 6.45) is 0. The van der Waals surface area contributed by atoms with E-state index < -0.39 is 11.9 Å². The number of carboxylic acid groups (broad SMARTS) is 1. The van der Waals surface area contributed by atoms with Gasteiger partial charge in [-0.05, 0) is 11.6 Å². The zero-order valence-electron chi connectivity index (χ0n) is 14.2. The Morgan fingerprint density at radius 2 is 1.70 bits per heavy atom. The number of halogens is 2. The molecule has 5 nitrogen and oxygen atoms in total. The predicted molar refractivity (Wildman–Crippen MR) is 103 cm³/mol. The van der Waals surface area contributed by atoms with Crippen LogP contribution in [0.3, 0.4) is 0 Å². The fourth-order valence-corrected chi connectivity index (χ4v) is 3.34. The van der Waals surface area contributed by atoms with Gasteiger partial charge in [0.25, 0.3) is 0 Å². The van der Waals surface area contributed by atoms with Gasteiger partial charge < -0.3 is 14.6 Å². The van der Waals surface area contributed by atoms with Crippen molar-refractivity contribution >= 4 is 45.9 Å². The van der Waals surface area contributed by atoms with Gasteiger partial charge in [-0.2, -0.15) is 0 Å². The van der Waals surface area contributed by atoms with Gasteiger partial charge in [0.1, 0.15) is 17.9 Å². The van der Waals surface area contributed by atoms with E-state index in [9.17, 15) is 14.7 Å². The number of hydrogen-bond donors (Lipinski definition) is 1. The molecule has 3 aromatic carbocycles. The average molecular weight is 405 g/mol. The molecule has 0 unspecified atom stereocenters. The number of benzene rings is 3. The van der Waals surface area contributed by atoms with Crippen LogP contribution in [0.2, 0.25) is 10.0 Å². The molecule has 1 N–H and O–H groups in total. The maximum absolute atomic E-state index is 11.7. The number of esters is 1. The Balaban J connectivity index is 2.17. The van der Waals surface area contributed by atoms with E-state index in [2.05, 4.69) is 0 Å². The van der Waals surface area contributed by atoms with Crippen molar-refractivity contribution < 1.29 is 24.2 Å². The van der Waals surface area contributed by atoms with E-state index in [0.717, 1.165) is 12.5 Å². The third kappa shape index (κ3) is 3.84. The molecule has 0 spiro atoms. The second-order valence-electron chi connectivity index (χ2n) is 5.68. The van der Waals surface area contributed by atoms with Crippen molar-refractivity contribution in [3.8, 4) is 11.5 Å². The third-order valence-electron chi connectivity index (χ3n) is 3.82. The van der Waals surface area contributed by atoms with Crippen molar-refractivity contribution in [2.24, 2.45) is 0 Å². The highest BCUT2D eigenvalue weighted by Gasteiger charge is 2.26. The topological polar surface area (TPSA) is 72.8 Å². The molecular formula is C20H14Cl2O5. The molecule has 0 radical (unpaired) electrons. The highest BCUT2D eigenvalue weighted by Crippen LogP contribution is 2.45. The van der Waals surface area contributed by atoms with E-state index in [1.54, 1.807) is 18.2 Å². The first-order valence-electron chi connectivity index (χ1n) is 7.92. The van der Waals surface area contributed by atoms with Crippen molar-refractivity contribution in [3.63, 3.8) is 0 Å². The number of carbonyl (C=O) groups is 2. The third-order valence-corrected chi connectivity index (χ3v) is 4.58. The maximum atomic E-state index is 11.7. The van der Waals surface area contributed by atoms with Crippen LogP contribution < -0.4 is 9.47 Å². The molecule has 0 aliphatic rings. The second-order valence-corrected chi connectivity index (χ2v) is 6.44. The fourth-order valence-electron chi connectivity index (χ4n) is 2.68. The molecule has 3 rings (SSSR count). The highest BCUT2D eigenvalue weighted by atomic mass is 35.5. The number of hydrogen-bond acceptors (Lipinski definition) is 4. The Kier molecular flexibility index (Phi) is 5.54. The molecular weight excluding hydrogens is 391 g/mol. The maximum Gasteiger partial charge on any atom is 0.341 e. The minimum Gasteiger partial charge on any atom is -0.488 e. The summed E-state index contributed by atoms with van der Waals surface area (Å²) < 4.78 is 10.9. The molecule has 7 heteroatoms. The van der Waals surface area contributed by atoms with Gasteiger partial charge in [0.15, 0.2) is 5.75 Å². The normalized spacial score (nSPS) is 10.6. The van der Waals surface area contributed by atoms with Crippen LogP contribution >= 0.6 is 23.2 Å². The SMILES string of the molecule is CC(=O)Oc1c(C(=O)O)c(Cl)c2cccc(OCc3ccccc3)c2c1Cl. The van der Waals surface area contributed by atoms with E-state index in [4.69, 9.17) is 32.7 Å². The summed E-state index contributed by atoms with van der Waals surface area (Å²) in [6.45, 7) is 1.43. The molecule has 0 saturated heterocycles. The quantitative estimate of drug-likeness (QED) is 0.458. The van der Waals surface area contributed by atoms with Crippen LogP contribution in [-0.2, 0) is 11.4 Å². The summed E-state index contributed by atoms with van der Waals surface area (Å²) in [4.78, 5) is 23.1. The van der Waals surface area contributed by atoms with Gasteiger partial charge in [0.2, 0.25) is 0 Å². The van der Waals surface area contributed by atoms with Crippen molar-refractivity contribution in [1.82, 2.24) is 0 Å². The van der Waals surface area contributed by atoms with Crippen LogP contribution in [-0.4, -0.2) is 17.0 Å². The average Bonchev–Trinajstić information content (AvgIpc) is 2.64. The fraction of sp³-hybridized carbons (Fsp3) is 0.100. The predicted octanol–water partition coefficient (Wildman–Crippen LogP) is 5.35. The Morgan fingerprint density at radius 1 is 1.00 bits per heavy atom. The zero-order chi connectivity index (χ0) is 19.6. The van der Waals surface area contributed by atoms with Gasteiger partial charge >= 0.3 is 11.9 Å². The van der Waals surface area contributed by atoms with Crippen LogP contribution in [0, 0.1) is 0 Å². The van der Waals surface area contributed by atoms with Crippen molar-refractivity contribution in [3.05, 3.63) is 69.7 Å². The molecule has 0 aromatic heterocycles. The molecule has 0 saturated carbocycles. The molecule has 3 aromatic rings. The first-order valence-corrected chi connectivity index (χ1v) is 8.68. The number of carbonyl (C=O) groups excluding carboxylic acids is 1. The number of aromatic carboxylic acids is 1. The lowest BCUT2D eigenvalue weighted by Crippen LogP contribution is -2.09. The van der Waals surface area contributed by atoms with Crippen LogP contribution in [0.5, 0.6) is 11.5 Å². The number of rotatable bonds is 5. The van der Waals surface area contributed by atoms with Gasteiger partial charge in [0, 0.05) is 17.7 Å². The minimum absolute atomic E-state index is 0.0503. The lowest BCUT2D eigenvalue weighted by Gasteiger charge is -2.16. The van der Waals surface area contributed by atoms with E-state index >= 15 is 0 Å². The highest BCUT2D eigenvalue weighted by molar-refractivity contribution is 6.44. The molecule has 138 valence electrons. The Hall–Kier alpha value is -2.76. The Bertz CT molecular complexity index is 1030. The van der Waals surface area contributed by atoms with Gasteiger partial charge in [-0.15, -0.1) is 0 Å². The van der Waals surface area contributed by atoms with Crippen LogP contribution in [0.25, 0.3) is 10.8 Å². The Morgan fingerprint density at radius 3 is 2.33 bits per heavy atom. The molecule has 27 heavy (non-hydrogen) atoms. The summed E-state index contributed by atoms with van der Waals surface area (Å²) in [7, 11) is 0. The first kappa shape index (κ1) is 19.0. The van der Waals surface area contributed by atoms with Crippen molar-refractivity contribution in [2.45, 2.75) is 13.5 Å². The van der Waals surface area contributed by atoms with E-state index in [-0.39, 0.29) is 28.0 Å². The lowest BCUT2D eigenvalue weighted by atomic mass is 10.0. The molecule has 0 aliphatic carbocycles. The largest absolute Gasteiger partial charge is 0.488 e. The summed E-state index contributed by atoms with van der Waals surface area (Å²) in [5.74, 6) is -1.97. The second kappa shape index (κ2) is 7.86. The van der Waals surface area contributed by atoms with E-state index in [1.807, 2.05) is 30.3 Å². The van der Waals surface area contributed by atoms with Crippen molar-refractivity contribution in [2.75, 3.05) is 0 Å². The molecule has 0 bridgehead atoms.